The Kier molecular flexibility index (Phi) is 2.94. The lowest BCUT2D eigenvalue weighted by molar-refractivity contribution is -0.138. The molecule has 0 aliphatic heterocycles. The van der Waals surface area contributed by atoms with Crippen molar-refractivity contribution in [2.75, 3.05) is 5.73 Å². The molecule has 4 N–H and O–H groups in total. The molecule has 3 nitrogen and oxygen atoms in total. The van der Waals surface area contributed by atoms with Gasteiger partial charge in [0.15, 0.2) is 0 Å². The van der Waals surface area contributed by atoms with E-state index in [1.54, 1.807) is 0 Å². The van der Waals surface area contributed by atoms with E-state index in [9.17, 15) is 18.0 Å². The molecular weight excluding hydrogens is 277 g/mol. The van der Waals surface area contributed by atoms with Crippen LogP contribution >= 0.6 is 15.9 Å². The third-order valence-corrected chi connectivity index (χ3v) is 2.52. The maximum absolute atomic E-state index is 12.4. The number of carbonyl (C=O) groups excluding carboxylic acids is 1. The third kappa shape index (κ3) is 2.41. The standard InChI is InChI=1S/C8H6BrF3N2O/c9-6-4(7(14)15)1-3(13)2-5(6)8(10,11)12/h1-2H,13H2,(H2,14,15). The van der Waals surface area contributed by atoms with E-state index in [0.29, 0.717) is 0 Å². The van der Waals surface area contributed by atoms with Gasteiger partial charge in [0.05, 0.1) is 11.1 Å². The predicted octanol–water partition coefficient (Wildman–Crippen LogP) is 2.15. The quantitative estimate of drug-likeness (QED) is 0.775. The average molecular weight is 283 g/mol. The summed E-state index contributed by atoms with van der Waals surface area (Å²) in [5.41, 5.74) is 8.66. The Morgan fingerprint density at radius 1 is 1.33 bits per heavy atom. The Morgan fingerprint density at radius 3 is 2.27 bits per heavy atom. The number of benzene rings is 1. The highest BCUT2D eigenvalue weighted by molar-refractivity contribution is 9.10. The minimum atomic E-state index is -4.58. The number of halogens is 4. The highest BCUT2D eigenvalue weighted by Crippen LogP contribution is 2.37. The molecule has 1 rings (SSSR count). The predicted molar refractivity (Wildman–Crippen MR) is 52.1 cm³/mol. The van der Waals surface area contributed by atoms with Crippen LogP contribution in [0.3, 0.4) is 0 Å². The van der Waals surface area contributed by atoms with Crippen molar-refractivity contribution in [1.29, 1.82) is 0 Å². The number of anilines is 1. The van der Waals surface area contributed by atoms with Crippen LogP contribution in [-0.4, -0.2) is 5.91 Å². The summed E-state index contributed by atoms with van der Waals surface area (Å²) < 4.78 is 36.9. The van der Waals surface area contributed by atoms with Crippen molar-refractivity contribution in [3.63, 3.8) is 0 Å². The van der Waals surface area contributed by atoms with Crippen LogP contribution in [0.15, 0.2) is 16.6 Å². The van der Waals surface area contributed by atoms with Crippen molar-refractivity contribution in [3.05, 3.63) is 27.7 Å². The topological polar surface area (TPSA) is 69.1 Å². The number of alkyl halides is 3. The van der Waals surface area contributed by atoms with Gasteiger partial charge >= 0.3 is 6.18 Å². The van der Waals surface area contributed by atoms with Gasteiger partial charge in [-0.2, -0.15) is 13.2 Å². The van der Waals surface area contributed by atoms with Crippen LogP contribution in [0, 0.1) is 0 Å². The molecule has 0 unspecified atom stereocenters. The monoisotopic (exact) mass is 282 g/mol. The molecule has 0 saturated carbocycles. The smallest absolute Gasteiger partial charge is 0.399 e. The van der Waals surface area contributed by atoms with Gasteiger partial charge in [0.25, 0.3) is 0 Å². The van der Waals surface area contributed by atoms with Gasteiger partial charge in [0.2, 0.25) is 5.91 Å². The summed E-state index contributed by atoms with van der Waals surface area (Å²) in [6.07, 6.45) is -4.58. The van der Waals surface area contributed by atoms with E-state index in [4.69, 9.17) is 11.5 Å². The summed E-state index contributed by atoms with van der Waals surface area (Å²) in [4.78, 5) is 10.8. The lowest BCUT2D eigenvalue weighted by Crippen LogP contribution is -2.16. The van der Waals surface area contributed by atoms with Crippen LogP contribution < -0.4 is 11.5 Å². The zero-order valence-corrected chi connectivity index (χ0v) is 8.82. The van der Waals surface area contributed by atoms with E-state index in [-0.39, 0.29) is 11.3 Å². The number of primary amides is 1. The summed E-state index contributed by atoms with van der Waals surface area (Å²) in [5.74, 6) is -0.973. The van der Waals surface area contributed by atoms with Gasteiger partial charge in [-0.05, 0) is 28.1 Å². The van der Waals surface area contributed by atoms with E-state index in [0.717, 1.165) is 12.1 Å². The Morgan fingerprint density at radius 2 is 1.87 bits per heavy atom. The molecule has 0 saturated heterocycles. The maximum atomic E-state index is 12.4. The number of rotatable bonds is 1. The number of nitrogens with two attached hydrogens (primary N) is 2. The van der Waals surface area contributed by atoms with E-state index in [2.05, 4.69) is 15.9 Å². The Balaban J connectivity index is 3.49. The SMILES string of the molecule is NC(=O)c1cc(N)cc(C(F)(F)F)c1Br. The molecule has 0 spiro atoms. The minimum absolute atomic E-state index is 0.167. The van der Waals surface area contributed by atoms with Crippen molar-refractivity contribution >= 4 is 27.5 Å². The van der Waals surface area contributed by atoms with Crippen molar-refractivity contribution in [2.24, 2.45) is 5.73 Å². The zero-order valence-electron chi connectivity index (χ0n) is 7.23. The molecule has 0 aliphatic carbocycles. The molecule has 0 heterocycles. The first-order chi connectivity index (χ1) is 6.73. The normalized spacial score (nSPS) is 11.5. The van der Waals surface area contributed by atoms with Gasteiger partial charge in [0, 0.05) is 10.2 Å². The number of hydrogen-bond donors (Lipinski definition) is 2. The summed E-state index contributed by atoms with van der Waals surface area (Å²) in [6.45, 7) is 0. The summed E-state index contributed by atoms with van der Waals surface area (Å²) in [7, 11) is 0. The van der Waals surface area contributed by atoms with E-state index in [1.807, 2.05) is 0 Å². The maximum Gasteiger partial charge on any atom is 0.417 e. The molecule has 1 aromatic rings. The number of amides is 1. The second-order valence-electron chi connectivity index (χ2n) is 2.79. The molecule has 0 fully saturated rings. The van der Waals surface area contributed by atoms with Crippen LogP contribution in [0.25, 0.3) is 0 Å². The third-order valence-electron chi connectivity index (χ3n) is 1.67. The molecule has 0 radical (unpaired) electrons. The highest BCUT2D eigenvalue weighted by Gasteiger charge is 2.34. The molecule has 0 aliphatic rings. The molecule has 1 amide bonds. The Bertz CT molecular complexity index is 417. The van der Waals surface area contributed by atoms with E-state index < -0.39 is 22.1 Å². The Labute approximate surface area is 91.4 Å². The summed E-state index contributed by atoms with van der Waals surface area (Å²) >= 11 is 2.68. The molecule has 7 heteroatoms. The minimum Gasteiger partial charge on any atom is -0.399 e. The van der Waals surface area contributed by atoms with Crippen LogP contribution in [0.4, 0.5) is 18.9 Å². The molecule has 0 aromatic heterocycles. The van der Waals surface area contributed by atoms with Gasteiger partial charge in [-0.1, -0.05) is 0 Å². The van der Waals surface area contributed by atoms with Crippen LogP contribution in [0.1, 0.15) is 15.9 Å². The Hall–Kier alpha value is -1.24. The van der Waals surface area contributed by atoms with Gasteiger partial charge in [-0.15, -0.1) is 0 Å². The van der Waals surface area contributed by atoms with E-state index >= 15 is 0 Å². The van der Waals surface area contributed by atoms with Crippen molar-refractivity contribution in [2.45, 2.75) is 6.18 Å². The largest absolute Gasteiger partial charge is 0.417 e. The second-order valence-corrected chi connectivity index (χ2v) is 3.59. The van der Waals surface area contributed by atoms with Crippen molar-refractivity contribution in [1.82, 2.24) is 0 Å². The molecule has 1 aromatic carbocycles. The average Bonchev–Trinajstić information content (AvgIpc) is 2.06. The fraction of sp³-hybridized carbons (Fsp3) is 0.125. The first kappa shape index (κ1) is 11.8. The number of hydrogen-bond acceptors (Lipinski definition) is 2. The molecule has 82 valence electrons. The van der Waals surface area contributed by atoms with Crippen molar-refractivity contribution < 1.29 is 18.0 Å². The first-order valence-electron chi connectivity index (χ1n) is 3.69. The molecular formula is C8H6BrF3N2O. The fourth-order valence-corrected chi connectivity index (χ4v) is 1.68. The second kappa shape index (κ2) is 3.73. The lowest BCUT2D eigenvalue weighted by Gasteiger charge is -2.12. The van der Waals surface area contributed by atoms with Crippen LogP contribution in [0.2, 0.25) is 0 Å². The van der Waals surface area contributed by atoms with Gasteiger partial charge in [-0.3, -0.25) is 4.79 Å². The van der Waals surface area contributed by atoms with Crippen LogP contribution in [0.5, 0.6) is 0 Å². The molecule has 0 bridgehead atoms. The fourth-order valence-electron chi connectivity index (χ4n) is 1.03. The van der Waals surface area contributed by atoms with Crippen LogP contribution in [-0.2, 0) is 6.18 Å². The highest BCUT2D eigenvalue weighted by atomic mass is 79.9. The first-order valence-corrected chi connectivity index (χ1v) is 4.49. The van der Waals surface area contributed by atoms with Gasteiger partial charge < -0.3 is 11.5 Å². The lowest BCUT2D eigenvalue weighted by atomic mass is 10.1. The zero-order chi connectivity index (χ0) is 11.8. The molecule has 0 atom stereocenters. The van der Waals surface area contributed by atoms with Crippen molar-refractivity contribution in [3.8, 4) is 0 Å². The summed E-state index contributed by atoms with van der Waals surface area (Å²) in [6, 6.07) is 1.82. The number of carbonyl (C=O) groups is 1. The van der Waals surface area contributed by atoms with E-state index in [1.165, 1.54) is 0 Å². The van der Waals surface area contributed by atoms with Gasteiger partial charge in [-0.25, -0.2) is 0 Å². The molecule has 15 heavy (non-hydrogen) atoms. The number of nitrogen functional groups attached to an aromatic ring is 1. The van der Waals surface area contributed by atoms with Gasteiger partial charge in [0.1, 0.15) is 0 Å². The summed E-state index contributed by atoms with van der Waals surface area (Å²) in [5, 5.41) is 0.